The second-order valence-corrected chi connectivity index (χ2v) is 6.74. The fourth-order valence-corrected chi connectivity index (χ4v) is 3.71. The Labute approximate surface area is 137 Å². The van der Waals surface area contributed by atoms with Gasteiger partial charge in [-0.05, 0) is 33.1 Å². The Hall–Kier alpha value is -1.40. The minimum Gasteiger partial charge on any atom is -0.393 e. The van der Waals surface area contributed by atoms with Gasteiger partial charge in [0.05, 0.1) is 24.3 Å². The number of aliphatic hydroxyl groups excluding tert-OH is 1. The van der Waals surface area contributed by atoms with E-state index in [0.29, 0.717) is 13.2 Å². The molecule has 6 heteroatoms. The molecule has 0 aromatic carbocycles. The molecule has 0 bridgehead atoms. The van der Waals surface area contributed by atoms with Crippen LogP contribution in [0, 0.1) is 11.8 Å². The smallest absolute Gasteiger partial charge is 0.228 e. The Morgan fingerprint density at radius 1 is 1.52 bits per heavy atom. The summed E-state index contributed by atoms with van der Waals surface area (Å²) in [7, 11) is 0. The van der Waals surface area contributed by atoms with E-state index in [9.17, 15) is 9.90 Å². The summed E-state index contributed by atoms with van der Waals surface area (Å²) >= 11 is 0. The van der Waals surface area contributed by atoms with Crippen LogP contribution in [0.5, 0.6) is 0 Å². The van der Waals surface area contributed by atoms with E-state index in [1.807, 2.05) is 35.8 Å². The van der Waals surface area contributed by atoms with E-state index in [1.165, 1.54) is 0 Å². The number of likely N-dealkylation sites (tertiary alicyclic amines) is 1. The molecule has 0 spiro atoms. The SMILES string of the molecule is CCn1cc([C@H]2OCC[C@@H]2C(=O)N2CCCC(C(C)O)C2)cn1. The average molecular weight is 321 g/mol. The van der Waals surface area contributed by atoms with E-state index in [-0.39, 0.29) is 30.0 Å². The lowest BCUT2D eigenvalue weighted by atomic mass is 9.90. The number of nitrogens with zero attached hydrogens (tertiary/aromatic N) is 3. The zero-order chi connectivity index (χ0) is 16.4. The maximum absolute atomic E-state index is 13.0. The topological polar surface area (TPSA) is 67.6 Å². The van der Waals surface area contributed by atoms with Crippen molar-refractivity contribution in [1.29, 1.82) is 0 Å². The summed E-state index contributed by atoms with van der Waals surface area (Å²) in [6.45, 7) is 6.74. The van der Waals surface area contributed by atoms with Gasteiger partial charge in [-0.3, -0.25) is 9.48 Å². The monoisotopic (exact) mass is 321 g/mol. The number of carbonyl (C=O) groups excluding carboxylic acids is 1. The molecule has 1 aromatic rings. The first kappa shape index (κ1) is 16.5. The van der Waals surface area contributed by atoms with Crippen molar-refractivity contribution < 1.29 is 14.6 Å². The standard InChI is InChI=1S/C17H27N3O3/c1-3-20-11-14(9-18-20)16-15(6-8-23-16)17(22)19-7-4-5-13(10-19)12(2)21/h9,11-13,15-16,21H,3-8,10H2,1-2H3/t12?,13?,15-,16+/m0/s1. The van der Waals surface area contributed by atoms with Crippen molar-refractivity contribution in [1.82, 2.24) is 14.7 Å². The molecule has 3 rings (SSSR count). The van der Waals surface area contributed by atoms with Gasteiger partial charge in [-0.25, -0.2) is 0 Å². The summed E-state index contributed by atoms with van der Waals surface area (Å²) in [6.07, 6.45) is 5.97. The van der Waals surface area contributed by atoms with E-state index in [0.717, 1.165) is 37.9 Å². The third-order valence-electron chi connectivity index (χ3n) is 5.17. The Kier molecular flexibility index (Phi) is 5.02. The number of amides is 1. The van der Waals surface area contributed by atoms with Crippen LogP contribution in [0.15, 0.2) is 12.4 Å². The minimum atomic E-state index is -0.357. The highest BCUT2D eigenvalue weighted by atomic mass is 16.5. The lowest BCUT2D eigenvalue weighted by Crippen LogP contribution is -2.45. The predicted octanol–water partition coefficient (Wildman–Crippen LogP) is 1.60. The van der Waals surface area contributed by atoms with E-state index in [2.05, 4.69) is 5.10 Å². The Balaban J connectivity index is 1.70. The van der Waals surface area contributed by atoms with Gasteiger partial charge in [0, 0.05) is 43.9 Å². The number of hydrogen-bond donors (Lipinski definition) is 1. The highest BCUT2D eigenvalue weighted by Gasteiger charge is 2.39. The molecule has 23 heavy (non-hydrogen) atoms. The number of rotatable bonds is 4. The first-order valence-corrected chi connectivity index (χ1v) is 8.71. The second kappa shape index (κ2) is 7.01. The van der Waals surface area contributed by atoms with E-state index in [4.69, 9.17) is 4.74 Å². The van der Waals surface area contributed by atoms with Crippen LogP contribution in [0.2, 0.25) is 0 Å². The van der Waals surface area contributed by atoms with Crippen LogP contribution in [0.4, 0.5) is 0 Å². The van der Waals surface area contributed by atoms with E-state index < -0.39 is 0 Å². The molecule has 128 valence electrons. The zero-order valence-corrected chi connectivity index (χ0v) is 14.0. The van der Waals surface area contributed by atoms with E-state index >= 15 is 0 Å². The maximum Gasteiger partial charge on any atom is 0.228 e. The number of aromatic nitrogens is 2. The molecule has 6 nitrogen and oxygen atoms in total. The van der Waals surface area contributed by atoms with Gasteiger partial charge < -0.3 is 14.7 Å². The highest BCUT2D eigenvalue weighted by Crippen LogP contribution is 2.36. The molecule has 0 saturated carbocycles. The Morgan fingerprint density at radius 3 is 3.04 bits per heavy atom. The molecule has 0 aliphatic carbocycles. The quantitative estimate of drug-likeness (QED) is 0.915. The fourth-order valence-electron chi connectivity index (χ4n) is 3.71. The molecule has 4 atom stereocenters. The van der Waals surface area contributed by atoms with Crippen LogP contribution in [-0.4, -0.2) is 51.5 Å². The van der Waals surface area contributed by atoms with Gasteiger partial charge in [0.1, 0.15) is 0 Å². The molecule has 2 unspecified atom stereocenters. The molecule has 2 fully saturated rings. The van der Waals surface area contributed by atoms with Crippen LogP contribution < -0.4 is 0 Å². The molecule has 2 aliphatic heterocycles. The van der Waals surface area contributed by atoms with Crippen molar-refractivity contribution in [3.8, 4) is 0 Å². The van der Waals surface area contributed by atoms with E-state index in [1.54, 1.807) is 0 Å². The third-order valence-corrected chi connectivity index (χ3v) is 5.17. The van der Waals surface area contributed by atoms with Gasteiger partial charge in [0.2, 0.25) is 5.91 Å². The molecule has 3 heterocycles. The summed E-state index contributed by atoms with van der Waals surface area (Å²) in [5, 5.41) is 14.1. The molecule has 1 aromatic heterocycles. The van der Waals surface area contributed by atoms with Crippen LogP contribution in [0.1, 0.15) is 44.8 Å². The largest absolute Gasteiger partial charge is 0.393 e. The van der Waals surface area contributed by atoms with Crippen LogP contribution >= 0.6 is 0 Å². The molecule has 2 saturated heterocycles. The summed E-state index contributed by atoms with van der Waals surface area (Å²) in [4.78, 5) is 14.9. The van der Waals surface area contributed by atoms with Crippen LogP contribution in [0.3, 0.4) is 0 Å². The maximum atomic E-state index is 13.0. The van der Waals surface area contributed by atoms with Crippen molar-refractivity contribution in [2.24, 2.45) is 11.8 Å². The number of hydrogen-bond acceptors (Lipinski definition) is 4. The molecule has 2 aliphatic rings. The molecule has 0 radical (unpaired) electrons. The molecular weight excluding hydrogens is 294 g/mol. The summed E-state index contributed by atoms with van der Waals surface area (Å²) < 4.78 is 7.71. The fraction of sp³-hybridized carbons (Fsp3) is 0.765. The third kappa shape index (κ3) is 3.43. The number of aliphatic hydroxyl groups is 1. The molecule has 1 amide bonds. The van der Waals surface area contributed by atoms with Gasteiger partial charge in [0.15, 0.2) is 0 Å². The van der Waals surface area contributed by atoms with Crippen molar-refractivity contribution >= 4 is 5.91 Å². The number of carbonyl (C=O) groups is 1. The summed E-state index contributed by atoms with van der Waals surface area (Å²) in [6, 6.07) is 0. The molecule has 1 N–H and O–H groups in total. The Morgan fingerprint density at radius 2 is 2.35 bits per heavy atom. The normalized spacial score (nSPS) is 29.7. The van der Waals surface area contributed by atoms with Crippen molar-refractivity contribution in [3.05, 3.63) is 18.0 Å². The van der Waals surface area contributed by atoms with Gasteiger partial charge in [-0.2, -0.15) is 5.10 Å². The van der Waals surface area contributed by atoms with Gasteiger partial charge in [-0.15, -0.1) is 0 Å². The number of aryl methyl sites for hydroxylation is 1. The Bertz CT molecular complexity index is 543. The van der Waals surface area contributed by atoms with Crippen molar-refractivity contribution in [3.63, 3.8) is 0 Å². The number of ether oxygens (including phenoxy) is 1. The minimum absolute atomic E-state index is 0.128. The van der Waals surface area contributed by atoms with Gasteiger partial charge in [0.25, 0.3) is 0 Å². The average Bonchev–Trinajstić information content (AvgIpc) is 3.22. The highest BCUT2D eigenvalue weighted by molar-refractivity contribution is 5.80. The summed E-state index contributed by atoms with van der Waals surface area (Å²) in [5.41, 5.74) is 0.992. The lowest BCUT2D eigenvalue weighted by molar-refractivity contribution is -0.140. The van der Waals surface area contributed by atoms with Crippen molar-refractivity contribution in [2.45, 2.75) is 51.9 Å². The predicted molar refractivity (Wildman–Crippen MR) is 85.7 cm³/mol. The summed E-state index contributed by atoms with van der Waals surface area (Å²) in [5.74, 6) is 0.232. The zero-order valence-electron chi connectivity index (χ0n) is 14.0. The van der Waals surface area contributed by atoms with Crippen molar-refractivity contribution in [2.75, 3.05) is 19.7 Å². The molecular formula is C17H27N3O3. The first-order valence-electron chi connectivity index (χ1n) is 8.71. The van der Waals surface area contributed by atoms with Crippen LogP contribution in [0.25, 0.3) is 0 Å². The number of piperidine rings is 1. The van der Waals surface area contributed by atoms with Gasteiger partial charge in [-0.1, -0.05) is 0 Å². The first-order chi connectivity index (χ1) is 11.1. The van der Waals surface area contributed by atoms with Crippen LogP contribution in [-0.2, 0) is 16.1 Å². The lowest BCUT2D eigenvalue weighted by Gasteiger charge is -2.36. The second-order valence-electron chi connectivity index (χ2n) is 6.74. The van der Waals surface area contributed by atoms with Gasteiger partial charge >= 0.3 is 0 Å².